The van der Waals surface area contributed by atoms with Gasteiger partial charge in [0.2, 0.25) is 0 Å². The zero-order valence-corrected chi connectivity index (χ0v) is 29.5. The first-order chi connectivity index (χ1) is 20.5. The lowest BCUT2D eigenvalue weighted by atomic mass is 9.94. The Balaban J connectivity index is 3.62. The minimum Gasteiger partial charge on any atom is -0.264 e. The molecule has 1 atom stereocenters. The van der Waals surface area contributed by atoms with E-state index in [4.69, 9.17) is 8.74 Å². The highest BCUT2D eigenvalue weighted by molar-refractivity contribution is 7.80. The molecule has 0 heterocycles. The average Bonchev–Trinajstić information content (AvgIpc) is 2.96. The predicted molar refractivity (Wildman–Crippen MR) is 185 cm³/mol. The van der Waals surface area contributed by atoms with Crippen molar-refractivity contribution in [1.29, 1.82) is 0 Å². The molecule has 0 aromatic heterocycles. The largest absolute Gasteiger partial charge is 0.397 e. The molecule has 254 valence electrons. The summed E-state index contributed by atoms with van der Waals surface area (Å²) in [6, 6.07) is 0. The smallest absolute Gasteiger partial charge is 0.264 e. The van der Waals surface area contributed by atoms with Crippen LogP contribution in [0.1, 0.15) is 226 Å². The molecule has 0 bridgehead atoms. The van der Waals surface area contributed by atoms with E-state index < -0.39 is 10.4 Å². The van der Waals surface area contributed by atoms with Crippen LogP contribution in [-0.2, 0) is 14.6 Å². The van der Waals surface area contributed by atoms with Gasteiger partial charge in [0.05, 0.1) is 6.61 Å². The zero-order chi connectivity index (χ0) is 30.8. The summed E-state index contributed by atoms with van der Waals surface area (Å²) < 4.78 is 36.0. The lowest BCUT2D eigenvalue weighted by molar-refractivity contribution is 0.204. The maximum Gasteiger partial charge on any atom is 0.397 e. The van der Waals surface area contributed by atoms with E-state index in [2.05, 4.69) is 13.8 Å². The standard InChI is InChI=1S/C37H76O4S/c1-3-5-7-9-11-13-15-17-18-19-20-21-22-23-25-27-29-31-33-35-37(36-41-42(38,39)40)34-32-30-28-26-24-16-14-12-10-8-6-4-2/h37H,3-36H2,1-2H3,(H,38,39,40). The molecule has 1 N–H and O–H groups in total. The first kappa shape index (κ1) is 41.9. The Morgan fingerprint density at radius 2 is 0.619 bits per heavy atom. The van der Waals surface area contributed by atoms with Gasteiger partial charge >= 0.3 is 10.4 Å². The van der Waals surface area contributed by atoms with Gasteiger partial charge < -0.3 is 0 Å². The van der Waals surface area contributed by atoms with Crippen molar-refractivity contribution in [1.82, 2.24) is 0 Å². The van der Waals surface area contributed by atoms with Crippen LogP contribution in [0.3, 0.4) is 0 Å². The Morgan fingerprint density at radius 3 is 0.833 bits per heavy atom. The van der Waals surface area contributed by atoms with Crippen molar-refractivity contribution in [2.45, 2.75) is 226 Å². The van der Waals surface area contributed by atoms with Gasteiger partial charge in [-0.1, -0.05) is 213 Å². The van der Waals surface area contributed by atoms with Gasteiger partial charge in [-0.2, -0.15) is 8.42 Å². The third kappa shape index (κ3) is 36.1. The maximum atomic E-state index is 11.1. The first-order valence-corrected chi connectivity index (χ1v) is 20.5. The lowest BCUT2D eigenvalue weighted by Crippen LogP contribution is -2.14. The molecule has 0 amide bonds. The maximum absolute atomic E-state index is 11.1. The highest BCUT2D eigenvalue weighted by Crippen LogP contribution is 2.21. The van der Waals surface area contributed by atoms with Crippen LogP contribution >= 0.6 is 0 Å². The van der Waals surface area contributed by atoms with Crippen molar-refractivity contribution in [2.24, 2.45) is 5.92 Å². The summed E-state index contributed by atoms with van der Waals surface area (Å²) in [6.45, 7) is 4.69. The Bertz CT molecular complexity index is 607. The van der Waals surface area contributed by atoms with Gasteiger partial charge in [0.1, 0.15) is 0 Å². The molecule has 1 unspecified atom stereocenters. The van der Waals surface area contributed by atoms with Crippen molar-refractivity contribution >= 4 is 10.4 Å². The summed E-state index contributed by atoms with van der Waals surface area (Å²) in [4.78, 5) is 0. The molecule has 0 fully saturated rings. The molecule has 0 radical (unpaired) electrons. The van der Waals surface area contributed by atoms with Crippen molar-refractivity contribution in [3.63, 3.8) is 0 Å². The van der Waals surface area contributed by atoms with E-state index in [0.717, 1.165) is 25.7 Å². The van der Waals surface area contributed by atoms with Gasteiger partial charge in [0.25, 0.3) is 0 Å². The predicted octanol–water partition coefficient (Wildman–Crippen LogP) is 13.3. The summed E-state index contributed by atoms with van der Waals surface area (Å²) >= 11 is 0. The van der Waals surface area contributed by atoms with Crippen molar-refractivity contribution in [2.75, 3.05) is 6.61 Å². The Kier molecular flexibility index (Phi) is 33.7. The van der Waals surface area contributed by atoms with E-state index in [1.54, 1.807) is 0 Å². The Hall–Kier alpha value is -0.130. The highest BCUT2D eigenvalue weighted by Gasteiger charge is 2.13. The van der Waals surface area contributed by atoms with Gasteiger partial charge in [-0.05, 0) is 18.8 Å². The van der Waals surface area contributed by atoms with E-state index in [0.29, 0.717) is 0 Å². The van der Waals surface area contributed by atoms with Gasteiger partial charge in [-0.25, -0.2) is 4.18 Å². The molecule has 0 aliphatic heterocycles. The first-order valence-electron chi connectivity index (χ1n) is 19.1. The fourth-order valence-corrected chi connectivity index (χ4v) is 6.64. The van der Waals surface area contributed by atoms with Crippen LogP contribution in [0, 0.1) is 5.92 Å². The van der Waals surface area contributed by atoms with Crippen LogP contribution in [0.4, 0.5) is 0 Å². The van der Waals surface area contributed by atoms with Gasteiger partial charge in [0.15, 0.2) is 0 Å². The van der Waals surface area contributed by atoms with Crippen LogP contribution in [-0.4, -0.2) is 19.6 Å². The molecule has 0 saturated carbocycles. The third-order valence-corrected chi connectivity index (χ3v) is 9.57. The van der Waals surface area contributed by atoms with Gasteiger partial charge in [-0.15, -0.1) is 0 Å². The van der Waals surface area contributed by atoms with Crippen molar-refractivity contribution < 1.29 is 17.2 Å². The molecule has 42 heavy (non-hydrogen) atoms. The van der Waals surface area contributed by atoms with Crippen LogP contribution < -0.4 is 0 Å². The highest BCUT2D eigenvalue weighted by atomic mass is 32.3. The molecule has 0 aliphatic carbocycles. The average molecular weight is 617 g/mol. The topological polar surface area (TPSA) is 63.6 Å². The van der Waals surface area contributed by atoms with Gasteiger partial charge in [0, 0.05) is 0 Å². The number of hydrogen-bond donors (Lipinski definition) is 1. The molecule has 0 aliphatic rings. The molecular formula is C37H76O4S. The molecule has 0 aromatic carbocycles. The van der Waals surface area contributed by atoms with E-state index >= 15 is 0 Å². The molecule has 5 heteroatoms. The van der Waals surface area contributed by atoms with E-state index in [-0.39, 0.29) is 12.5 Å². The molecular weight excluding hydrogens is 540 g/mol. The quantitative estimate of drug-likeness (QED) is 0.0562. The van der Waals surface area contributed by atoms with E-state index in [1.807, 2.05) is 0 Å². The second-order valence-corrected chi connectivity index (χ2v) is 14.5. The Morgan fingerprint density at radius 1 is 0.405 bits per heavy atom. The lowest BCUT2D eigenvalue weighted by Gasteiger charge is -2.16. The molecule has 0 aromatic rings. The van der Waals surface area contributed by atoms with E-state index in [1.165, 1.54) is 186 Å². The van der Waals surface area contributed by atoms with Crippen molar-refractivity contribution in [3.8, 4) is 0 Å². The second-order valence-electron chi connectivity index (χ2n) is 13.4. The molecule has 0 rings (SSSR count). The minimum atomic E-state index is -4.34. The van der Waals surface area contributed by atoms with Crippen LogP contribution in [0.5, 0.6) is 0 Å². The third-order valence-electron chi connectivity index (χ3n) is 9.13. The fourth-order valence-electron chi connectivity index (χ4n) is 6.28. The molecule has 0 saturated heterocycles. The summed E-state index contributed by atoms with van der Waals surface area (Å²) in [6.07, 6.45) is 44.2. The van der Waals surface area contributed by atoms with Crippen LogP contribution in [0.15, 0.2) is 0 Å². The fraction of sp³-hybridized carbons (Fsp3) is 1.00. The molecule has 0 spiro atoms. The second kappa shape index (κ2) is 33.8. The zero-order valence-electron chi connectivity index (χ0n) is 28.7. The van der Waals surface area contributed by atoms with Crippen LogP contribution in [0.2, 0.25) is 0 Å². The molecule has 4 nitrogen and oxygen atoms in total. The minimum absolute atomic E-state index is 0.135. The monoisotopic (exact) mass is 617 g/mol. The number of rotatable bonds is 36. The summed E-state index contributed by atoms with van der Waals surface area (Å²) in [5.41, 5.74) is 0. The number of unbranched alkanes of at least 4 members (excludes halogenated alkanes) is 29. The van der Waals surface area contributed by atoms with Crippen molar-refractivity contribution in [3.05, 3.63) is 0 Å². The van der Waals surface area contributed by atoms with E-state index in [9.17, 15) is 8.42 Å². The summed E-state index contributed by atoms with van der Waals surface area (Å²) in [5, 5.41) is 0. The summed E-state index contributed by atoms with van der Waals surface area (Å²) in [5.74, 6) is 0.237. The van der Waals surface area contributed by atoms with Crippen LogP contribution in [0.25, 0.3) is 0 Å². The normalized spacial score (nSPS) is 12.7. The SMILES string of the molecule is CCCCCCCCCCCCCCCCCCCCCC(CCCCCCCCCCCCCC)COS(=O)(=O)O. The Labute approximate surface area is 265 Å². The summed E-state index contributed by atoms with van der Waals surface area (Å²) in [7, 11) is -4.34. The van der Waals surface area contributed by atoms with Gasteiger partial charge in [-0.3, -0.25) is 4.55 Å². The number of hydrogen-bond acceptors (Lipinski definition) is 3.